The fourth-order valence-electron chi connectivity index (χ4n) is 7.53. The Balaban J connectivity index is 1.09. The fourth-order valence-corrected chi connectivity index (χ4v) is 8.60. The number of carbonyl (C=O) groups is 3. The molecule has 0 spiro atoms. The van der Waals surface area contributed by atoms with Crippen LogP contribution in [0.25, 0.3) is 0 Å². The van der Waals surface area contributed by atoms with Crippen LogP contribution in [0.3, 0.4) is 0 Å². The second-order valence-electron chi connectivity index (χ2n) is 13.0. The van der Waals surface area contributed by atoms with E-state index < -0.39 is 5.92 Å². The number of carbonyl (C=O) groups excluding carboxylic acids is 3. The maximum atomic E-state index is 14.0. The van der Waals surface area contributed by atoms with Crippen LogP contribution in [0.5, 0.6) is 0 Å². The van der Waals surface area contributed by atoms with Gasteiger partial charge in [-0.25, -0.2) is 4.79 Å². The standard InChI is InChI=1S/C33H45ClN6O3S/c1-22-15-23(17-28(34)31(22)35)16-24(32(42)39-13-5-26(6-14-39)37-9-3-2-4-10-37)18-30(41)38-11-7-27(8-12-38)40-19-25-20-44-21-29(25)36-33(40)43/h15,17,20-21,24,26-27H,2-14,16,18-19,35H2,1H3,(H,36,43)/t24-/m0/s1. The molecule has 6 rings (SSSR count). The van der Waals surface area contributed by atoms with Crippen molar-refractivity contribution >= 4 is 52.2 Å². The first-order valence-corrected chi connectivity index (χ1v) is 17.6. The first-order valence-electron chi connectivity index (χ1n) is 16.2. The first-order chi connectivity index (χ1) is 21.3. The number of amides is 4. The summed E-state index contributed by atoms with van der Waals surface area (Å²) in [6.45, 7) is 7.50. The molecule has 1 atom stereocenters. The van der Waals surface area contributed by atoms with Gasteiger partial charge in [-0.3, -0.25) is 9.59 Å². The quantitative estimate of drug-likeness (QED) is 0.397. The number of fused-ring (bicyclic) bond motifs is 1. The molecule has 0 bridgehead atoms. The van der Waals surface area contributed by atoms with E-state index in [1.165, 1.54) is 32.4 Å². The lowest BCUT2D eigenvalue weighted by Crippen LogP contribution is -2.52. The monoisotopic (exact) mass is 640 g/mol. The van der Waals surface area contributed by atoms with Gasteiger partial charge in [0.2, 0.25) is 11.8 Å². The number of aryl methyl sites for hydroxylation is 1. The Morgan fingerprint density at radius 1 is 0.977 bits per heavy atom. The van der Waals surface area contributed by atoms with Gasteiger partial charge in [0.25, 0.3) is 0 Å². The zero-order chi connectivity index (χ0) is 30.8. The zero-order valence-electron chi connectivity index (χ0n) is 25.7. The third-order valence-corrected chi connectivity index (χ3v) is 11.3. The van der Waals surface area contributed by atoms with Gasteiger partial charge >= 0.3 is 6.03 Å². The number of rotatable bonds is 7. The summed E-state index contributed by atoms with van der Waals surface area (Å²) >= 11 is 8.02. The third-order valence-electron chi connectivity index (χ3n) is 10.2. The van der Waals surface area contributed by atoms with Crippen LogP contribution in [0.4, 0.5) is 16.2 Å². The van der Waals surface area contributed by atoms with Crippen molar-refractivity contribution < 1.29 is 14.4 Å². The number of nitrogens with two attached hydrogens (primary N) is 1. The van der Waals surface area contributed by atoms with E-state index in [1.807, 2.05) is 39.1 Å². The molecule has 9 nitrogen and oxygen atoms in total. The van der Waals surface area contributed by atoms with E-state index in [1.54, 1.807) is 11.3 Å². The van der Waals surface area contributed by atoms with Crippen molar-refractivity contribution in [3.05, 3.63) is 44.6 Å². The molecule has 0 radical (unpaired) electrons. The van der Waals surface area contributed by atoms with E-state index in [0.29, 0.717) is 42.8 Å². The summed E-state index contributed by atoms with van der Waals surface area (Å²) in [5, 5.41) is 7.55. The Kier molecular flexibility index (Phi) is 9.68. The van der Waals surface area contributed by atoms with Gasteiger partial charge in [0.15, 0.2) is 0 Å². The van der Waals surface area contributed by atoms with Crippen molar-refractivity contribution in [2.45, 2.75) is 83.3 Å². The maximum Gasteiger partial charge on any atom is 0.322 e. The summed E-state index contributed by atoms with van der Waals surface area (Å²) in [7, 11) is 0. The van der Waals surface area contributed by atoms with Crippen molar-refractivity contribution in [1.82, 2.24) is 19.6 Å². The van der Waals surface area contributed by atoms with Crippen LogP contribution in [0.1, 0.15) is 68.1 Å². The van der Waals surface area contributed by atoms with E-state index in [-0.39, 0.29) is 30.3 Å². The molecule has 4 aliphatic heterocycles. The van der Waals surface area contributed by atoms with Crippen molar-refractivity contribution in [2.24, 2.45) is 5.92 Å². The summed E-state index contributed by atoms with van der Waals surface area (Å²) in [6, 6.07) is 4.40. The maximum absolute atomic E-state index is 14.0. The van der Waals surface area contributed by atoms with Crippen molar-refractivity contribution in [3.63, 3.8) is 0 Å². The number of hydrogen-bond acceptors (Lipinski definition) is 6. The Labute approximate surface area is 269 Å². The molecule has 0 aliphatic carbocycles. The number of thiophene rings is 1. The molecule has 4 aliphatic rings. The summed E-state index contributed by atoms with van der Waals surface area (Å²) in [6.07, 6.45) is 7.91. The molecule has 2 aromatic rings. The largest absolute Gasteiger partial charge is 0.397 e. The molecule has 3 N–H and O–H groups in total. The van der Waals surface area contributed by atoms with E-state index >= 15 is 0 Å². The Hall–Kier alpha value is -2.82. The number of piperidine rings is 3. The fraction of sp³-hybridized carbons (Fsp3) is 0.606. The molecule has 0 saturated carbocycles. The number of nitrogens with one attached hydrogen (secondary N) is 1. The molecule has 0 unspecified atom stereocenters. The Morgan fingerprint density at radius 3 is 2.36 bits per heavy atom. The second kappa shape index (κ2) is 13.7. The number of nitrogens with zero attached hydrogens (tertiary/aromatic N) is 4. The van der Waals surface area contributed by atoms with Crippen molar-refractivity contribution in [1.29, 1.82) is 0 Å². The predicted octanol–water partition coefficient (Wildman–Crippen LogP) is 5.36. The summed E-state index contributed by atoms with van der Waals surface area (Å²) in [5.41, 5.74) is 10.5. The van der Waals surface area contributed by atoms with E-state index in [4.69, 9.17) is 17.3 Å². The van der Waals surface area contributed by atoms with Gasteiger partial charge in [-0.1, -0.05) is 24.1 Å². The number of likely N-dealkylation sites (tertiary alicyclic amines) is 3. The van der Waals surface area contributed by atoms with Gasteiger partial charge in [-0.2, -0.15) is 0 Å². The molecule has 11 heteroatoms. The van der Waals surface area contributed by atoms with Crippen LogP contribution < -0.4 is 11.1 Å². The Bertz CT molecular complexity index is 1340. The van der Waals surface area contributed by atoms with Crippen LogP contribution in [0, 0.1) is 12.8 Å². The molecule has 238 valence electrons. The van der Waals surface area contributed by atoms with Crippen LogP contribution in [-0.2, 0) is 22.6 Å². The SMILES string of the molecule is Cc1cc(C[C@@H](CC(=O)N2CCC(N3Cc4cscc4NC3=O)CC2)C(=O)N2CCC(N3CCCCC3)CC2)cc(Cl)c1N. The van der Waals surface area contributed by atoms with Crippen LogP contribution in [0.15, 0.2) is 22.9 Å². The molecule has 4 amide bonds. The highest BCUT2D eigenvalue weighted by molar-refractivity contribution is 7.08. The minimum absolute atomic E-state index is 0.00600. The lowest BCUT2D eigenvalue weighted by atomic mass is 9.91. The average Bonchev–Trinajstić information content (AvgIpc) is 3.50. The third kappa shape index (κ3) is 6.87. The van der Waals surface area contributed by atoms with E-state index in [2.05, 4.69) is 15.6 Å². The van der Waals surface area contributed by atoms with Gasteiger partial charge in [0, 0.05) is 55.6 Å². The molecule has 1 aromatic heterocycles. The number of urea groups is 1. The highest BCUT2D eigenvalue weighted by atomic mass is 35.5. The highest BCUT2D eigenvalue weighted by Gasteiger charge is 2.36. The minimum atomic E-state index is -0.462. The number of nitrogen functional groups attached to an aromatic ring is 1. The van der Waals surface area contributed by atoms with E-state index in [0.717, 1.165) is 61.2 Å². The van der Waals surface area contributed by atoms with Crippen LogP contribution in [0.2, 0.25) is 5.02 Å². The predicted molar refractivity (Wildman–Crippen MR) is 176 cm³/mol. The van der Waals surface area contributed by atoms with Crippen LogP contribution in [-0.4, -0.2) is 88.8 Å². The van der Waals surface area contributed by atoms with Gasteiger partial charge in [0.05, 0.1) is 28.9 Å². The number of anilines is 2. The molecule has 44 heavy (non-hydrogen) atoms. The Morgan fingerprint density at radius 2 is 1.66 bits per heavy atom. The van der Waals surface area contributed by atoms with Crippen molar-refractivity contribution in [3.8, 4) is 0 Å². The molecular weight excluding hydrogens is 596 g/mol. The van der Waals surface area contributed by atoms with Crippen LogP contribution >= 0.6 is 22.9 Å². The van der Waals surface area contributed by atoms with Gasteiger partial charge in [-0.05, 0) is 87.5 Å². The number of halogens is 1. The second-order valence-corrected chi connectivity index (χ2v) is 14.2. The first kappa shape index (κ1) is 31.2. The topological polar surface area (TPSA) is 102 Å². The van der Waals surface area contributed by atoms with Gasteiger partial charge < -0.3 is 30.7 Å². The lowest BCUT2D eigenvalue weighted by molar-refractivity contribution is -0.143. The van der Waals surface area contributed by atoms with Crippen molar-refractivity contribution in [2.75, 3.05) is 50.3 Å². The minimum Gasteiger partial charge on any atom is -0.397 e. The average molecular weight is 641 g/mol. The summed E-state index contributed by atoms with van der Waals surface area (Å²) < 4.78 is 0. The zero-order valence-corrected chi connectivity index (χ0v) is 27.3. The summed E-state index contributed by atoms with van der Waals surface area (Å²) in [4.78, 5) is 48.9. The normalized spacial score (nSPS) is 21.2. The molecule has 5 heterocycles. The molecule has 1 aromatic carbocycles. The lowest BCUT2D eigenvalue weighted by Gasteiger charge is -2.41. The van der Waals surface area contributed by atoms with Gasteiger partial charge in [0.1, 0.15) is 0 Å². The molecule has 3 fully saturated rings. The molecular formula is C33H45ClN6O3S. The highest BCUT2D eigenvalue weighted by Crippen LogP contribution is 2.32. The molecule has 3 saturated heterocycles. The smallest absolute Gasteiger partial charge is 0.322 e. The number of hydrogen-bond donors (Lipinski definition) is 2. The van der Waals surface area contributed by atoms with Gasteiger partial charge in [-0.15, -0.1) is 11.3 Å². The van der Waals surface area contributed by atoms with E-state index in [9.17, 15) is 14.4 Å². The number of benzene rings is 1. The summed E-state index contributed by atoms with van der Waals surface area (Å²) in [5.74, 6) is -0.394.